The van der Waals surface area contributed by atoms with Crippen LogP contribution in [0.15, 0.2) is 18.2 Å². The van der Waals surface area contributed by atoms with Crippen LogP contribution in [0.5, 0.6) is 0 Å². The standard InChI is InChI=1S/C14H13N3O3/c1-17-10-6-5-8(7-9(10)15-16-17)14(20)13-11(18)3-2-4-12(13)19/h5-7,13H,2-4H2,1H3. The van der Waals surface area contributed by atoms with Crippen molar-refractivity contribution in [3.63, 3.8) is 0 Å². The number of carbonyl (C=O) groups excluding carboxylic acids is 3. The molecule has 1 aliphatic rings. The van der Waals surface area contributed by atoms with E-state index in [4.69, 9.17) is 0 Å². The van der Waals surface area contributed by atoms with Crippen LogP contribution in [-0.4, -0.2) is 32.3 Å². The van der Waals surface area contributed by atoms with Crippen molar-refractivity contribution in [3.05, 3.63) is 23.8 Å². The molecule has 1 saturated carbocycles. The number of carbonyl (C=O) groups is 3. The Hall–Kier alpha value is -2.37. The minimum Gasteiger partial charge on any atom is -0.298 e. The summed E-state index contributed by atoms with van der Waals surface area (Å²) in [6.45, 7) is 0. The topological polar surface area (TPSA) is 81.9 Å². The Kier molecular flexibility index (Phi) is 2.93. The lowest BCUT2D eigenvalue weighted by atomic mass is 9.81. The van der Waals surface area contributed by atoms with Gasteiger partial charge in [-0.1, -0.05) is 5.21 Å². The Balaban J connectivity index is 1.99. The van der Waals surface area contributed by atoms with Gasteiger partial charge in [-0.15, -0.1) is 5.10 Å². The Morgan fingerprint density at radius 3 is 2.65 bits per heavy atom. The van der Waals surface area contributed by atoms with Crippen LogP contribution < -0.4 is 0 Å². The van der Waals surface area contributed by atoms with E-state index < -0.39 is 11.7 Å². The number of hydrogen-bond donors (Lipinski definition) is 0. The van der Waals surface area contributed by atoms with Crippen LogP contribution in [-0.2, 0) is 16.6 Å². The molecule has 0 amide bonds. The van der Waals surface area contributed by atoms with Crippen LogP contribution in [0.25, 0.3) is 11.0 Å². The van der Waals surface area contributed by atoms with Gasteiger partial charge in [0.15, 0.2) is 17.3 Å². The number of fused-ring (bicyclic) bond motifs is 1. The molecule has 1 fully saturated rings. The van der Waals surface area contributed by atoms with E-state index in [-0.39, 0.29) is 11.6 Å². The second-order valence-electron chi connectivity index (χ2n) is 5.00. The van der Waals surface area contributed by atoms with E-state index in [0.717, 1.165) is 5.52 Å². The number of benzene rings is 1. The average molecular weight is 271 g/mol. The number of ketones is 3. The molecule has 0 unspecified atom stereocenters. The molecule has 1 aromatic heterocycles. The lowest BCUT2D eigenvalue weighted by Crippen LogP contribution is -2.35. The first-order chi connectivity index (χ1) is 9.58. The highest BCUT2D eigenvalue weighted by Gasteiger charge is 2.36. The first kappa shape index (κ1) is 12.7. The lowest BCUT2D eigenvalue weighted by molar-refractivity contribution is -0.133. The van der Waals surface area contributed by atoms with Crippen LogP contribution in [0.3, 0.4) is 0 Å². The molecule has 1 aromatic carbocycles. The number of Topliss-reactive ketones (excluding diaryl/α,β-unsaturated/α-hetero) is 3. The highest BCUT2D eigenvalue weighted by Crippen LogP contribution is 2.23. The largest absolute Gasteiger partial charge is 0.298 e. The monoisotopic (exact) mass is 271 g/mol. The molecule has 6 nitrogen and oxygen atoms in total. The van der Waals surface area contributed by atoms with Crippen molar-refractivity contribution in [2.75, 3.05) is 0 Å². The summed E-state index contributed by atoms with van der Waals surface area (Å²) in [7, 11) is 1.75. The molecule has 102 valence electrons. The number of rotatable bonds is 2. The summed E-state index contributed by atoms with van der Waals surface area (Å²) in [4.78, 5) is 36.0. The maximum atomic E-state index is 12.4. The molecule has 2 aromatic rings. The summed E-state index contributed by atoms with van der Waals surface area (Å²) < 4.78 is 1.60. The van der Waals surface area contributed by atoms with Gasteiger partial charge in [-0.2, -0.15) is 0 Å². The molecular formula is C14H13N3O3. The van der Waals surface area contributed by atoms with E-state index in [9.17, 15) is 14.4 Å². The van der Waals surface area contributed by atoms with Crippen molar-refractivity contribution < 1.29 is 14.4 Å². The summed E-state index contributed by atoms with van der Waals surface area (Å²) in [5.74, 6) is -2.10. The zero-order valence-corrected chi connectivity index (χ0v) is 11.0. The van der Waals surface area contributed by atoms with E-state index in [0.29, 0.717) is 30.3 Å². The molecule has 1 aliphatic carbocycles. The maximum absolute atomic E-state index is 12.4. The minimum atomic E-state index is -1.13. The molecular weight excluding hydrogens is 258 g/mol. The number of aryl methyl sites for hydroxylation is 1. The molecule has 0 radical (unpaired) electrons. The van der Waals surface area contributed by atoms with Gasteiger partial charge in [-0.25, -0.2) is 4.68 Å². The maximum Gasteiger partial charge on any atom is 0.180 e. The van der Waals surface area contributed by atoms with Crippen molar-refractivity contribution in [1.29, 1.82) is 0 Å². The Bertz CT molecular complexity index is 716. The fraction of sp³-hybridized carbons (Fsp3) is 0.357. The predicted octanol–water partition coefficient (Wildman–Crippen LogP) is 1.09. The van der Waals surface area contributed by atoms with Crippen molar-refractivity contribution in [2.45, 2.75) is 19.3 Å². The molecule has 0 saturated heterocycles. The third kappa shape index (κ3) is 1.93. The lowest BCUT2D eigenvalue weighted by Gasteiger charge is -2.18. The first-order valence-electron chi connectivity index (χ1n) is 6.47. The van der Waals surface area contributed by atoms with Crippen LogP contribution in [0.4, 0.5) is 0 Å². The normalized spacial score (nSPS) is 16.9. The Labute approximate surface area is 114 Å². The van der Waals surface area contributed by atoms with Crippen LogP contribution in [0.2, 0.25) is 0 Å². The smallest absolute Gasteiger partial charge is 0.180 e. The molecule has 0 spiro atoms. The molecule has 1 heterocycles. The highest BCUT2D eigenvalue weighted by molar-refractivity contribution is 6.25. The Morgan fingerprint density at radius 2 is 1.95 bits per heavy atom. The van der Waals surface area contributed by atoms with Gasteiger partial charge in [-0.05, 0) is 24.6 Å². The predicted molar refractivity (Wildman–Crippen MR) is 70.2 cm³/mol. The van der Waals surface area contributed by atoms with E-state index in [2.05, 4.69) is 10.3 Å². The fourth-order valence-electron chi connectivity index (χ4n) is 2.56. The van der Waals surface area contributed by atoms with Crippen LogP contribution in [0.1, 0.15) is 29.6 Å². The quantitative estimate of drug-likeness (QED) is 0.603. The second kappa shape index (κ2) is 4.63. The molecule has 0 atom stereocenters. The SMILES string of the molecule is Cn1nnc2cc(C(=O)C3C(=O)CCCC3=O)ccc21. The third-order valence-corrected chi connectivity index (χ3v) is 3.65. The van der Waals surface area contributed by atoms with Crippen molar-refractivity contribution in [3.8, 4) is 0 Å². The molecule has 0 N–H and O–H groups in total. The van der Waals surface area contributed by atoms with E-state index in [1.807, 2.05) is 0 Å². The van der Waals surface area contributed by atoms with Gasteiger partial charge in [-0.3, -0.25) is 14.4 Å². The highest BCUT2D eigenvalue weighted by atomic mass is 16.2. The molecule has 0 aliphatic heterocycles. The fourth-order valence-corrected chi connectivity index (χ4v) is 2.56. The van der Waals surface area contributed by atoms with Crippen LogP contribution in [0, 0.1) is 5.92 Å². The summed E-state index contributed by atoms with van der Waals surface area (Å²) in [6, 6.07) is 4.92. The van der Waals surface area contributed by atoms with Gasteiger partial charge in [0.25, 0.3) is 0 Å². The van der Waals surface area contributed by atoms with Crippen LogP contribution >= 0.6 is 0 Å². The molecule has 20 heavy (non-hydrogen) atoms. The minimum absolute atomic E-state index is 0.273. The summed E-state index contributed by atoms with van der Waals surface area (Å²) in [5.41, 5.74) is 1.71. The van der Waals surface area contributed by atoms with E-state index in [1.165, 1.54) is 0 Å². The number of hydrogen-bond acceptors (Lipinski definition) is 5. The summed E-state index contributed by atoms with van der Waals surface area (Å²) in [5, 5.41) is 7.80. The van der Waals surface area contributed by atoms with Gasteiger partial charge in [0, 0.05) is 25.5 Å². The van der Waals surface area contributed by atoms with Crippen molar-refractivity contribution in [2.24, 2.45) is 13.0 Å². The van der Waals surface area contributed by atoms with E-state index in [1.54, 1.807) is 29.9 Å². The molecule has 0 bridgehead atoms. The zero-order valence-electron chi connectivity index (χ0n) is 11.0. The number of aromatic nitrogens is 3. The Morgan fingerprint density at radius 1 is 1.25 bits per heavy atom. The number of nitrogens with zero attached hydrogens (tertiary/aromatic N) is 3. The van der Waals surface area contributed by atoms with Gasteiger partial charge >= 0.3 is 0 Å². The van der Waals surface area contributed by atoms with Crippen molar-refractivity contribution >= 4 is 28.4 Å². The third-order valence-electron chi connectivity index (χ3n) is 3.65. The first-order valence-corrected chi connectivity index (χ1v) is 6.47. The van der Waals surface area contributed by atoms with Gasteiger partial charge < -0.3 is 0 Å². The summed E-state index contributed by atoms with van der Waals surface area (Å²) in [6.07, 6.45) is 1.15. The molecule has 3 rings (SSSR count). The van der Waals surface area contributed by atoms with E-state index >= 15 is 0 Å². The molecule has 6 heteroatoms. The van der Waals surface area contributed by atoms with Crippen molar-refractivity contribution in [1.82, 2.24) is 15.0 Å². The van der Waals surface area contributed by atoms with Gasteiger partial charge in [0.1, 0.15) is 11.4 Å². The average Bonchev–Trinajstić information content (AvgIpc) is 2.79. The zero-order chi connectivity index (χ0) is 14.3. The van der Waals surface area contributed by atoms with Gasteiger partial charge in [0.2, 0.25) is 0 Å². The summed E-state index contributed by atoms with van der Waals surface area (Å²) >= 11 is 0. The second-order valence-corrected chi connectivity index (χ2v) is 5.00. The van der Waals surface area contributed by atoms with Gasteiger partial charge in [0.05, 0.1) is 5.52 Å².